The molecule has 1 aromatic rings. The number of hydrogen-bond acceptors (Lipinski definition) is 4. The minimum atomic E-state index is 0.118. The maximum absolute atomic E-state index is 6.13. The van der Waals surface area contributed by atoms with E-state index in [-0.39, 0.29) is 18.2 Å². The molecule has 1 rings (SSSR count). The molecule has 1 aromatic heterocycles. The van der Waals surface area contributed by atoms with E-state index in [1.54, 1.807) is 0 Å². The number of nitrogens with two attached hydrogens (primary N) is 1. The summed E-state index contributed by atoms with van der Waals surface area (Å²) in [6, 6.07) is 4.74. The van der Waals surface area contributed by atoms with Crippen LogP contribution in [0.2, 0.25) is 0 Å². The Hall–Kier alpha value is -0.420. The molecule has 18 heavy (non-hydrogen) atoms. The van der Waals surface area contributed by atoms with Gasteiger partial charge in [-0.1, -0.05) is 0 Å². The molecule has 0 aliphatic rings. The Morgan fingerprint density at radius 3 is 2.44 bits per heavy atom. The average Bonchev–Trinajstić information content (AvgIpc) is 2.63. The molecule has 2 atom stereocenters. The quantitative estimate of drug-likeness (QED) is 0.828. The lowest BCUT2D eigenvalue weighted by molar-refractivity contribution is 0.0539. The Morgan fingerprint density at radius 2 is 2.00 bits per heavy atom. The third kappa shape index (κ3) is 4.69. The van der Waals surface area contributed by atoms with E-state index >= 15 is 0 Å². The highest BCUT2D eigenvalue weighted by molar-refractivity contribution is 7.12. The second kappa shape index (κ2) is 7.24. The molecule has 0 fully saturated rings. The summed E-state index contributed by atoms with van der Waals surface area (Å²) in [5, 5.41) is 0. The van der Waals surface area contributed by atoms with Gasteiger partial charge >= 0.3 is 0 Å². The first-order chi connectivity index (χ1) is 8.41. The van der Waals surface area contributed by atoms with Crippen LogP contribution >= 0.6 is 11.3 Å². The van der Waals surface area contributed by atoms with Crippen molar-refractivity contribution < 1.29 is 4.74 Å². The van der Waals surface area contributed by atoms with Gasteiger partial charge in [-0.15, -0.1) is 11.3 Å². The second-order valence-corrected chi connectivity index (χ2v) is 6.47. The van der Waals surface area contributed by atoms with E-state index < -0.39 is 0 Å². The zero-order valence-electron chi connectivity index (χ0n) is 12.1. The molecule has 3 nitrogen and oxygen atoms in total. The Bertz CT molecular complexity index is 349. The van der Waals surface area contributed by atoms with Gasteiger partial charge in [0, 0.05) is 22.3 Å². The van der Waals surface area contributed by atoms with Crippen molar-refractivity contribution in [2.24, 2.45) is 5.73 Å². The van der Waals surface area contributed by atoms with Gasteiger partial charge in [-0.2, -0.15) is 0 Å². The number of hydrogen-bond donors (Lipinski definition) is 1. The van der Waals surface area contributed by atoms with Gasteiger partial charge in [0.1, 0.15) is 0 Å². The van der Waals surface area contributed by atoms with Gasteiger partial charge < -0.3 is 10.5 Å². The molecule has 104 valence electrons. The number of nitrogens with zero attached hydrogens (tertiary/aromatic N) is 1. The highest BCUT2D eigenvalue weighted by Gasteiger charge is 2.22. The van der Waals surface area contributed by atoms with E-state index in [0.29, 0.717) is 0 Å². The van der Waals surface area contributed by atoms with E-state index in [9.17, 15) is 0 Å². The maximum Gasteiger partial charge on any atom is 0.0597 e. The summed E-state index contributed by atoms with van der Waals surface area (Å²) in [5.74, 6) is 0. The van der Waals surface area contributed by atoms with Gasteiger partial charge in [0.2, 0.25) is 0 Å². The van der Waals surface area contributed by atoms with Crippen molar-refractivity contribution in [3.63, 3.8) is 0 Å². The van der Waals surface area contributed by atoms with Crippen molar-refractivity contribution in [1.82, 2.24) is 4.90 Å². The van der Waals surface area contributed by atoms with E-state index in [0.717, 1.165) is 13.2 Å². The van der Waals surface area contributed by atoms with Crippen LogP contribution in [0.4, 0.5) is 0 Å². The van der Waals surface area contributed by atoms with Gasteiger partial charge in [0.15, 0.2) is 0 Å². The molecular formula is C14H26N2OS. The molecule has 0 saturated carbocycles. The SMILES string of the molecule is Cc1ccc(C(C(C)N)N(C)CCOC(C)C)s1. The molecule has 0 saturated heterocycles. The predicted octanol–water partition coefficient (Wildman–Crippen LogP) is 2.80. The first-order valence-electron chi connectivity index (χ1n) is 6.55. The summed E-state index contributed by atoms with van der Waals surface area (Å²) in [4.78, 5) is 4.97. The van der Waals surface area contributed by atoms with E-state index in [1.807, 2.05) is 11.3 Å². The molecule has 0 bridgehead atoms. The first kappa shape index (κ1) is 15.6. The van der Waals surface area contributed by atoms with E-state index in [2.05, 4.69) is 51.8 Å². The van der Waals surface area contributed by atoms with Gasteiger partial charge in [-0.05, 0) is 46.9 Å². The first-order valence-corrected chi connectivity index (χ1v) is 7.37. The summed E-state index contributed by atoms with van der Waals surface area (Å²) < 4.78 is 5.60. The van der Waals surface area contributed by atoms with Crippen LogP contribution in [0.15, 0.2) is 12.1 Å². The van der Waals surface area contributed by atoms with Gasteiger partial charge in [-0.25, -0.2) is 0 Å². The van der Waals surface area contributed by atoms with Crippen molar-refractivity contribution >= 4 is 11.3 Å². The third-order valence-electron chi connectivity index (χ3n) is 2.92. The lowest BCUT2D eigenvalue weighted by Gasteiger charge is -2.30. The Labute approximate surface area is 115 Å². The maximum atomic E-state index is 6.13. The zero-order valence-corrected chi connectivity index (χ0v) is 13.0. The van der Waals surface area contributed by atoms with Crippen molar-refractivity contribution in [2.75, 3.05) is 20.2 Å². The highest BCUT2D eigenvalue weighted by Crippen LogP contribution is 2.28. The molecule has 0 aliphatic heterocycles. The summed E-state index contributed by atoms with van der Waals surface area (Å²) in [5.41, 5.74) is 6.13. The van der Waals surface area contributed by atoms with Crippen LogP contribution in [0.3, 0.4) is 0 Å². The topological polar surface area (TPSA) is 38.5 Å². The van der Waals surface area contributed by atoms with Crippen LogP contribution in [-0.2, 0) is 4.74 Å². The summed E-state index contributed by atoms with van der Waals surface area (Å²) in [7, 11) is 2.12. The lowest BCUT2D eigenvalue weighted by Crippen LogP contribution is -2.38. The van der Waals surface area contributed by atoms with E-state index in [4.69, 9.17) is 10.5 Å². The Kier molecular flexibility index (Phi) is 6.29. The van der Waals surface area contributed by atoms with Crippen molar-refractivity contribution in [3.8, 4) is 0 Å². The second-order valence-electron chi connectivity index (χ2n) is 5.15. The molecule has 0 aliphatic carbocycles. The standard InChI is InChI=1S/C14H26N2OS/c1-10(2)17-9-8-16(5)14(12(4)15)13-7-6-11(3)18-13/h6-7,10,12,14H,8-9,15H2,1-5H3. The average molecular weight is 270 g/mol. The molecular weight excluding hydrogens is 244 g/mol. The van der Waals surface area contributed by atoms with Gasteiger partial charge in [0.25, 0.3) is 0 Å². The van der Waals surface area contributed by atoms with Crippen LogP contribution in [-0.4, -0.2) is 37.2 Å². The number of ether oxygens (including phenoxy) is 1. The Balaban J connectivity index is 2.61. The molecule has 1 heterocycles. The molecule has 2 unspecified atom stereocenters. The molecule has 0 aromatic carbocycles. The summed E-state index contributed by atoms with van der Waals surface area (Å²) in [6.07, 6.45) is 0.288. The van der Waals surface area contributed by atoms with Crippen LogP contribution < -0.4 is 5.73 Å². The molecule has 0 radical (unpaired) electrons. The van der Waals surface area contributed by atoms with Crippen LogP contribution in [0, 0.1) is 6.92 Å². The monoisotopic (exact) mass is 270 g/mol. The van der Waals surface area contributed by atoms with Crippen LogP contribution in [0.1, 0.15) is 36.6 Å². The number of thiophene rings is 1. The number of likely N-dealkylation sites (N-methyl/N-ethyl adjacent to an activating group) is 1. The Morgan fingerprint density at radius 1 is 1.33 bits per heavy atom. The van der Waals surface area contributed by atoms with Crippen LogP contribution in [0.25, 0.3) is 0 Å². The fraction of sp³-hybridized carbons (Fsp3) is 0.714. The minimum absolute atomic E-state index is 0.118. The molecule has 2 N–H and O–H groups in total. The fourth-order valence-electron chi connectivity index (χ4n) is 2.06. The van der Waals surface area contributed by atoms with Gasteiger partial charge in [0.05, 0.1) is 18.8 Å². The van der Waals surface area contributed by atoms with Crippen molar-refractivity contribution in [3.05, 3.63) is 21.9 Å². The summed E-state index contributed by atoms with van der Waals surface area (Å²) in [6.45, 7) is 9.98. The predicted molar refractivity (Wildman–Crippen MR) is 79.2 cm³/mol. The largest absolute Gasteiger partial charge is 0.377 e. The molecule has 4 heteroatoms. The number of rotatable bonds is 7. The lowest BCUT2D eigenvalue weighted by atomic mass is 10.1. The number of aryl methyl sites for hydroxylation is 1. The smallest absolute Gasteiger partial charge is 0.0597 e. The zero-order chi connectivity index (χ0) is 13.7. The summed E-state index contributed by atoms with van der Waals surface area (Å²) >= 11 is 1.83. The van der Waals surface area contributed by atoms with Crippen molar-refractivity contribution in [2.45, 2.75) is 45.9 Å². The normalized spacial score (nSPS) is 15.3. The van der Waals surface area contributed by atoms with Crippen LogP contribution in [0.5, 0.6) is 0 Å². The molecule has 0 spiro atoms. The molecule has 0 amide bonds. The van der Waals surface area contributed by atoms with E-state index in [1.165, 1.54) is 9.75 Å². The third-order valence-corrected chi connectivity index (χ3v) is 3.99. The van der Waals surface area contributed by atoms with Gasteiger partial charge in [-0.3, -0.25) is 4.90 Å². The fourth-order valence-corrected chi connectivity index (χ4v) is 3.22. The van der Waals surface area contributed by atoms with Crippen molar-refractivity contribution in [1.29, 1.82) is 0 Å². The minimum Gasteiger partial charge on any atom is -0.377 e. The highest BCUT2D eigenvalue weighted by atomic mass is 32.1.